The third-order valence-electron chi connectivity index (χ3n) is 5.03. The van der Waals surface area contributed by atoms with Gasteiger partial charge in [-0.3, -0.25) is 0 Å². The molecule has 0 radical (unpaired) electrons. The summed E-state index contributed by atoms with van der Waals surface area (Å²) in [5, 5.41) is 1.55. The predicted octanol–water partition coefficient (Wildman–Crippen LogP) is 5.26. The van der Waals surface area contributed by atoms with E-state index in [1.807, 2.05) is 43.3 Å². The Morgan fingerprint density at radius 2 is 2.07 bits per heavy atom. The van der Waals surface area contributed by atoms with Crippen molar-refractivity contribution < 1.29 is 14.3 Å². The van der Waals surface area contributed by atoms with E-state index in [0.29, 0.717) is 29.5 Å². The van der Waals surface area contributed by atoms with Crippen molar-refractivity contribution in [2.75, 3.05) is 25.2 Å². The van der Waals surface area contributed by atoms with Crippen molar-refractivity contribution in [1.82, 2.24) is 4.57 Å². The van der Waals surface area contributed by atoms with Crippen molar-refractivity contribution in [1.29, 1.82) is 0 Å². The monoisotopic (exact) mass is 462 g/mol. The SMILES string of the molecule is CCOC(=O)c1c2n(c3cc(Br)c(OC)cc13)CCN(c1cccc(Cl)c1)C2. The van der Waals surface area contributed by atoms with Gasteiger partial charge >= 0.3 is 5.97 Å². The van der Waals surface area contributed by atoms with Crippen LogP contribution in [0.4, 0.5) is 5.69 Å². The molecule has 0 bridgehead atoms. The van der Waals surface area contributed by atoms with Crippen LogP contribution in [-0.2, 0) is 17.8 Å². The minimum atomic E-state index is -0.307. The van der Waals surface area contributed by atoms with Crippen LogP contribution in [0.2, 0.25) is 5.02 Å². The Kier molecular flexibility index (Phi) is 5.25. The van der Waals surface area contributed by atoms with E-state index in [0.717, 1.165) is 39.8 Å². The molecule has 0 unspecified atom stereocenters. The van der Waals surface area contributed by atoms with Gasteiger partial charge in [-0.05, 0) is 53.2 Å². The van der Waals surface area contributed by atoms with Crippen LogP contribution in [0.3, 0.4) is 0 Å². The van der Waals surface area contributed by atoms with E-state index in [1.54, 1.807) is 7.11 Å². The van der Waals surface area contributed by atoms with Gasteiger partial charge in [0.25, 0.3) is 0 Å². The molecule has 2 heterocycles. The molecule has 0 saturated heterocycles. The third-order valence-corrected chi connectivity index (χ3v) is 5.89. The summed E-state index contributed by atoms with van der Waals surface area (Å²) in [7, 11) is 1.62. The fourth-order valence-electron chi connectivity index (χ4n) is 3.78. The molecular weight excluding hydrogens is 444 g/mol. The lowest BCUT2D eigenvalue weighted by Crippen LogP contribution is -2.34. The fraction of sp³-hybridized carbons (Fsp3) is 0.286. The lowest BCUT2D eigenvalue weighted by molar-refractivity contribution is 0.0527. The highest BCUT2D eigenvalue weighted by Crippen LogP contribution is 2.38. The summed E-state index contributed by atoms with van der Waals surface area (Å²) >= 11 is 9.74. The smallest absolute Gasteiger partial charge is 0.340 e. The largest absolute Gasteiger partial charge is 0.496 e. The van der Waals surface area contributed by atoms with Crippen molar-refractivity contribution in [2.45, 2.75) is 20.0 Å². The Hall–Kier alpha value is -2.18. The molecule has 0 N–H and O–H groups in total. The molecule has 1 aliphatic heterocycles. The van der Waals surface area contributed by atoms with Crippen LogP contribution in [0.15, 0.2) is 40.9 Å². The summed E-state index contributed by atoms with van der Waals surface area (Å²) in [4.78, 5) is 15.1. The fourth-order valence-corrected chi connectivity index (χ4v) is 4.46. The van der Waals surface area contributed by atoms with Gasteiger partial charge in [0.05, 0.1) is 41.5 Å². The maximum Gasteiger partial charge on any atom is 0.340 e. The average Bonchev–Trinajstić information content (AvgIpc) is 3.00. The number of aromatic nitrogens is 1. The molecule has 0 saturated carbocycles. The number of benzene rings is 2. The highest BCUT2D eigenvalue weighted by molar-refractivity contribution is 9.10. The molecule has 0 atom stereocenters. The average molecular weight is 464 g/mol. The van der Waals surface area contributed by atoms with Gasteiger partial charge in [0, 0.05) is 29.2 Å². The Morgan fingerprint density at radius 3 is 2.79 bits per heavy atom. The molecule has 7 heteroatoms. The van der Waals surface area contributed by atoms with E-state index in [1.165, 1.54) is 0 Å². The second-order valence-corrected chi connectivity index (χ2v) is 7.89. The quantitative estimate of drug-likeness (QED) is 0.495. The molecule has 3 aromatic rings. The topological polar surface area (TPSA) is 43.7 Å². The number of anilines is 1. The van der Waals surface area contributed by atoms with Crippen LogP contribution in [-0.4, -0.2) is 30.8 Å². The zero-order chi connectivity index (χ0) is 19.8. The molecule has 4 rings (SSSR count). The van der Waals surface area contributed by atoms with Gasteiger partial charge in [-0.1, -0.05) is 17.7 Å². The lowest BCUT2D eigenvalue weighted by Gasteiger charge is -2.31. The van der Waals surface area contributed by atoms with Crippen LogP contribution in [0.5, 0.6) is 5.75 Å². The van der Waals surface area contributed by atoms with Crippen molar-refractivity contribution in [3.8, 4) is 5.75 Å². The van der Waals surface area contributed by atoms with E-state index in [-0.39, 0.29) is 5.97 Å². The molecular formula is C21H20BrClN2O3. The normalized spacial score (nSPS) is 13.5. The third kappa shape index (κ3) is 3.25. The molecule has 0 fully saturated rings. The number of fused-ring (bicyclic) bond motifs is 3. The summed E-state index contributed by atoms with van der Waals surface area (Å²) in [5.41, 5.74) is 3.59. The standard InChI is InChI=1S/C21H20BrClN2O3/c1-3-28-21(26)20-15-10-19(27-2)16(22)11-17(15)25-8-7-24(12-18(20)25)14-6-4-5-13(23)9-14/h4-6,9-11H,3,7-8,12H2,1-2H3. The Labute approximate surface area is 176 Å². The maximum atomic E-state index is 12.8. The molecule has 0 spiro atoms. The number of rotatable bonds is 4. The molecule has 2 aromatic carbocycles. The van der Waals surface area contributed by atoms with Gasteiger partial charge in [0.1, 0.15) is 5.75 Å². The molecule has 5 nitrogen and oxygen atoms in total. The Morgan fingerprint density at radius 1 is 1.25 bits per heavy atom. The first kappa shape index (κ1) is 19.2. The van der Waals surface area contributed by atoms with Crippen molar-refractivity contribution in [3.05, 3.63) is 57.2 Å². The predicted molar refractivity (Wildman–Crippen MR) is 115 cm³/mol. The minimum absolute atomic E-state index is 0.307. The molecule has 0 amide bonds. The molecule has 146 valence electrons. The number of nitrogens with zero attached hydrogens (tertiary/aromatic N) is 2. The lowest BCUT2D eigenvalue weighted by atomic mass is 10.1. The van der Waals surface area contributed by atoms with E-state index >= 15 is 0 Å². The number of methoxy groups -OCH3 is 1. The van der Waals surface area contributed by atoms with E-state index in [9.17, 15) is 4.79 Å². The highest BCUT2D eigenvalue weighted by atomic mass is 79.9. The summed E-state index contributed by atoms with van der Waals surface area (Å²) in [6.07, 6.45) is 0. The van der Waals surface area contributed by atoms with Gasteiger partial charge in [-0.25, -0.2) is 4.79 Å². The minimum Gasteiger partial charge on any atom is -0.496 e. The zero-order valence-electron chi connectivity index (χ0n) is 15.7. The summed E-state index contributed by atoms with van der Waals surface area (Å²) < 4.78 is 13.9. The maximum absolute atomic E-state index is 12.8. The van der Waals surface area contributed by atoms with Gasteiger partial charge in [-0.15, -0.1) is 0 Å². The van der Waals surface area contributed by atoms with Crippen molar-refractivity contribution in [2.24, 2.45) is 0 Å². The van der Waals surface area contributed by atoms with Crippen molar-refractivity contribution in [3.63, 3.8) is 0 Å². The molecule has 28 heavy (non-hydrogen) atoms. The second kappa shape index (κ2) is 7.68. The first-order chi connectivity index (χ1) is 13.5. The number of halogens is 2. The molecule has 1 aromatic heterocycles. The van der Waals surface area contributed by atoms with Crippen molar-refractivity contribution >= 4 is 50.1 Å². The number of esters is 1. The Balaban J connectivity index is 1.87. The van der Waals surface area contributed by atoms with Crippen LogP contribution in [0, 0.1) is 0 Å². The van der Waals surface area contributed by atoms with E-state index in [4.69, 9.17) is 21.1 Å². The number of carbonyl (C=O) groups is 1. The van der Waals surface area contributed by atoms with Crippen LogP contribution in [0.25, 0.3) is 10.9 Å². The van der Waals surface area contributed by atoms with E-state index in [2.05, 4.69) is 25.4 Å². The zero-order valence-corrected chi connectivity index (χ0v) is 18.0. The van der Waals surface area contributed by atoms with Crippen LogP contribution in [0.1, 0.15) is 23.0 Å². The van der Waals surface area contributed by atoms with Crippen LogP contribution >= 0.6 is 27.5 Å². The number of ether oxygens (including phenoxy) is 2. The number of hydrogen-bond acceptors (Lipinski definition) is 4. The Bertz CT molecular complexity index is 1060. The summed E-state index contributed by atoms with van der Waals surface area (Å²) in [6, 6.07) is 11.7. The number of hydrogen-bond donors (Lipinski definition) is 0. The summed E-state index contributed by atoms with van der Waals surface area (Å²) in [5.74, 6) is 0.381. The highest BCUT2D eigenvalue weighted by Gasteiger charge is 2.29. The first-order valence-electron chi connectivity index (χ1n) is 9.09. The molecule has 0 aliphatic carbocycles. The van der Waals surface area contributed by atoms with Gasteiger partial charge in [0.2, 0.25) is 0 Å². The van der Waals surface area contributed by atoms with Gasteiger partial charge < -0.3 is 18.9 Å². The number of carbonyl (C=O) groups excluding carboxylic acids is 1. The van der Waals surface area contributed by atoms with Crippen LogP contribution < -0.4 is 9.64 Å². The van der Waals surface area contributed by atoms with Gasteiger partial charge in [-0.2, -0.15) is 0 Å². The van der Waals surface area contributed by atoms with Gasteiger partial charge in [0.15, 0.2) is 0 Å². The molecule has 1 aliphatic rings. The first-order valence-corrected chi connectivity index (χ1v) is 10.3. The van der Waals surface area contributed by atoms with E-state index < -0.39 is 0 Å². The summed E-state index contributed by atoms with van der Waals surface area (Å²) in [6.45, 7) is 4.33. The second-order valence-electron chi connectivity index (χ2n) is 6.60.